The van der Waals surface area contributed by atoms with E-state index in [1.807, 2.05) is 38.1 Å². The van der Waals surface area contributed by atoms with Crippen molar-refractivity contribution >= 4 is 16.0 Å². The van der Waals surface area contributed by atoms with E-state index in [0.29, 0.717) is 12.4 Å². The Morgan fingerprint density at radius 2 is 2.10 bits per heavy atom. The second-order valence-electron chi connectivity index (χ2n) is 4.54. The number of benzene rings is 1. The molecule has 2 radical (unpaired) electrons. The third-order valence-electron chi connectivity index (χ3n) is 2.74. The normalized spacial score (nSPS) is 12.2. The molecule has 0 aliphatic heterocycles. The van der Waals surface area contributed by atoms with Gasteiger partial charge in [0.15, 0.2) is 0 Å². The minimum Gasteiger partial charge on any atom is -0.426 e. The highest BCUT2D eigenvalue weighted by atomic mass is 28.3. The van der Waals surface area contributed by atoms with Gasteiger partial charge in [0, 0.05) is 19.6 Å². The van der Waals surface area contributed by atoms with Crippen LogP contribution in [0, 0.1) is 0 Å². The molecule has 4 nitrogen and oxygen atoms in total. The number of carbonyl (C=O) groups excluding carboxylic acids is 1. The molecule has 1 aromatic rings. The van der Waals surface area contributed by atoms with Gasteiger partial charge in [-0.15, -0.1) is 0 Å². The summed E-state index contributed by atoms with van der Waals surface area (Å²) in [6, 6.07) is 7.65. The average Bonchev–Trinajstić information content (AvgIpc) is 2.40. The molecule has 110 valence electrons. The lowest BCUT2D eigenvalue weighted by Crippen LogP contribution is -2.14. The van der Waals surface area contributed by atoms with Gasteiger partial charge in [-0.05, 0) is 44.7 Å². The summed E-state index contributed by atoms with van der Waals surface area (Å²) in [7, 11) is 0.115. The molecule has 20 heavy (non-hydrogen) atoms. The van der Waals surface area contributed by atoms with Crippen LogP contribution in [0.3, 0.4) is 0 Å². The van der Waals surface area contributed by atoms with Crippen LogP contribution in [0.2, 0.25) is 0 Å². The highest BCUT2D eigenvalue weighted by Crippen LogP contribution is 2.20. The van der Waals surface area contributed by atoms with E-state index in [-0.39, 0.29) is 22.1 Å². The van der Waals surface area contributed by atoms with Crippen LogP contribution >= 0.6 is 0 Å². The Balaban J connectivity index is 2.36. The van der Waals surface area contributed by atoms with Crippen LogP contribution in [0.15, 0.2) is 24.3 Å². The fourth-order valence-corrected chi connectivity index (χ4v) is 2.25. The zero-order valence-electron chi connectivity index (χ0n) is 12.3. The number of rotatable bonds is 9. The lowest BCUT2D eigenvalue weighted by Gasteiger charge is -2.12. The summed E-state index contributed by atoms with van der Waals surface area (Å²) in [4.78, 5) is 11.0. The summed E-state index contributed by atoms with van der Waals surface area (Å²) in [5, 5.41) is 0. The summed E-state index contributed by atoms with van der Waals surface area (Å²) in [5.41, 5.74) is 1.06. The van der Waals surface area contributed by atoms with Crippen molar-refractivity contribution in [2.75, 3.05) is 6.61 Å². The van der Waals surface area contributed by atoms with E-state index in [9.17, 15) is 4.79 Å². The molecular formula is C15H22O4Si. The highest BCUT2D eigenvalue weighted by molar-refractivity contribution is 6.18. The van der Waals surface area contributed by atoms with Crippen molar-refractivity contribution in [3.63, 3.8) is 0 Å². The van der Waals surface area contributed by atoms with Gasteiger partial charge in [-0.2, -0.15) is 0 Å². The van der Waals surface area contributed by atoms with Gasteiger partial charge in [-0.25, -0.2) is 0 Å². The maximum Gasteiger partial charge on any atom is 0.433 e. The number of hydrogen-bond donors (Lipinski definition) is 0. The molecule has 0 aromatic heterocycles. The van der Waals surface area contributed by atoms with E-state index in [1.54, 1.807) is 0 Å². The Labute approximate surface area is 123 Å². The molecular weight excluding hydrogens is 272 g/mol. The predicted octanol–water partition coefficient (Wildman–Crippen LogP) is 2.91. The predicted molar refractivity (Wildman–Crippen MR) is 78.6 cm³/mol. The number of aryl methyl sites for hydroxylation is 1. The molecule has 1 aromatic carbocycles. The zero-order valence-corrected chi connectivity index (χ0v) is 13.3. The number of esters is 1. The number of carbonyl (C=O) groups is 1. The molecule has 0 aliphatic carbocycles. The lowest BCUT2D eigenvalue weighted by molar-refractivity contribution is -0.131. The molecule has 1 rings (SSSR count). The molecule has 0 N–H and O–H groups in total. The Kier molecular flexibility index (Phi) is 8.18. The monoisotopic (exact) mass is 294 g/mol. The molecule has 0 heterocycles. The van der Waals surface area contributed by atoms with Crippen LogP contribution in [0.5, 0.6) is 5.75 Å². The smallest absolute Gasteiger partial charge is 0.426 e. The van der Waals surface area contributed by atoms with Crippen LogP contribution in [0.4, 0.5) is 0 Å². The van der Waals surface area contributed by atoms with Gasteiger partial charge in [0.1, 0.15) is 5.75 Å². The van der Waals surface area contributed by atoms with E-state index in [2.05, 4.69) is 0 Å². The van der Waals surface area contributed by atoms with Crippen LogP contribution in [0.1, 0.15) is 39.2 Å². The SMILES string of the molecule is CCO[Si]OC(C)CCCc1ccccc1OC(C)=O. The fourth-order valence-electron chi connectivity index (χ4n) is 1.78. The van der Waals surface area contributed by atoms with Gasteiger partial charge in [0.25, 0.3) is 0 Å². The van der Waals surface area contributed by atoms with E-state index in [1.165, 1.54) is 6.92 Å². The highest BCUT2D eigenvalue weighted by Gasteiger charge is 2.08. The maximum absolute atomic E-state index is 11.0. The topological polar surface area (TPSA) is 44.8 Å². The fraction of sp³-hybridized carbons (Fsp3) is 0.533. The number of ether oxygens (including phenoxy) is 1. The first-order valence-corrected chi connectivity index (χ1v) is 7.74. The standard InChI is InChI=1S/C15H22O4Si/c1-4-17-20-19-12(2)8-7-10-14-9-5-6-11-15(14)18-13(3)16/h5-6,9,11-12H,4,7-8,10H2,1-3H3. The second kappa shape index (κ2) is 9.69. The van der Waals surface area contributed by atoms with Gasteiger partial charge in [0.05, 0.1) is 0 Å². The first-order chi connectivity index (χ1) is 9.63. The Morgan fingerprint density at radius 3 is 2.80 bits per heavy atom. The summed E-state index contributed by atoms with van der Waals surface area (Å²) in [6.07, 6.45) is 2.99. The quantitative estimate of drug-likeness (QED) is 0.304. The van der Waals surface area contributed by atoms with Crippen molar-refractivity contribution in [1.82, 2.24) is 0 Å². The Bertz CT molecular complexity index is 409. The molecule has 5 heteroatoms. The Morgan fingerprint density at radius 1 is 1.35 bits per heavy atom. The van der Waals surface area contributed by atoms with Crippen molar-refractivity contribution in [2.24, 2.45) is 0 Å². The minimum absolute atomic E-state index is 0.115. The van der Waals surface area contributed by atoms with E-state index in [4.69, 9.17) is 13.6 Å². The molecule has 0 saturated carbocycles. The van der Waals surface area contributed by atoms with Gasteiger partial charge in [-0.1, -0.05) is 18.2 Å². The molecule has 0 amide bonds. The largest absolute Gasteiger partial charge is 0.433 e. The third kappa shape index (κ3) is 6.84. The number of hydrogen-bond acceptors (Lipinski definition) is 4. The van der Waals surface area contributed by atoms with Crippen LogP contribution in [-0.4, -0.2) is 28.7 Å². The minimum atomic E-state index is -0.285. The molecule has 0 saturated heterocycles. The van der Waals surface area contributed by atoms with Crippen LogP contribution < -0.4 is 4.74 Å². The first kappa shape index (κ1) is 16.9. The van der Waals surface area contributed by atoms with Crippen molar-refractivity contribution in [3.8, 4) is 5.75 Å². The molecule has 0 spiro atoms. The molecule has 0 aliphatic rings. The molecule has 0 bridgehead atoms. The summed E-state index contributed by atoms with van der Waals surface area (Å²) < 4.78 is 15.9. The summed E-state index contributed by atoms with van der Waals surface area (Å²) in [5.74, 6) is 0.372. The van der Waals surface area contributed by atoms with E-state index < -0.39 is 0 Å². The van der Waals surface area contributed by atoms with Crippen LogP contribution in [-0.2, 0) is 20.1 Å². The summed E-state index contributed by atoms with van der Waals surface area (Å²) >= 11 is 0. The maximum atomic E-state index is 11.0. The van der Waals surface area contributed by atoms with Crippen molar-refractivity contribution in [1.29, 1.82) is 0 Å². The molecule has 1 atom stereocenters. The van der Waals surface area contributed by atoms with Gasteiger partial charge < -0.3 is 13.6 Å². The van der Waals surface area contributed by atoms with Crippen molar-refractivity contribution in [2.45, 2.75) is 46.1 Å². The third-order valence-corrected chi connectivity index (χ3v) is 3.64. The molecule has 0 fully saturated rings. The molecule has 1 unspecified atom stereocenters. The summed E-state index contributed by atoms with van der Waals surface area (Å²) in [6.45, 7) is 6.10. The van der Waals surface area contributed by atoms with E-state index in [0.717, 1.165) is 24.8 Å². The second-order valence-corrected chi connectivity index (χ2v) is 5.23. The average molecular weight is 294 g/mol. The zero-order chi connectivity index (χ0) is 14.8. The van der Waals surface area contributed by atoms with Crippen LogP contribution in [0.25, 0.3) is 0 Å². The van der Waals surface area contributed by atoms with Crippen molar-refractivity contribution in [3.05, 3.63) is 29.8 Å². The van der Waals surface area contributed by atoms with Gasteiger partial charge in [-0.3, -0.25) is 4.79 Å². The first-order valence-electron chi connectivity index (χ1n) is 6.92. The van der Waals surface area contributed by atoms with Crippen molar-refractivity contribution < 1.29 is 18.4 Å². The number of para-hydroxylation sites is 1. The van der Waals surface area contributed by atoms with Gasteiger partial charge in [0.2, 0.25) is 0 Å². The van der Waals surface area contributed by atoms with E-state index >= 15 is 0 Å². The van der Waals surface area contributed by atoms with Gasteiger partial charge >= 0.3 is 16.0 Å². The lowest BCUT2D eigenvalue weighted by atomic mass is 10.1. The Hall–Kier alpha value is -1.17.